The third-order valence-electron chi connectivity index (χ3n) is 3.88. The number of rotatable bonds is 4. The van der Waals surface area contributed by atoms with Gasteiger partial charge in [0.1, 0.15) is 0 Å². The smallest absolute Gasteiger partial charge is 0.263 e. The maximum absolute atomic E-state index is 12.5. The summed E-state index contributed by atoms with van der Waals surface area (Å²) in [5.74, 6) is -0.984. The van der Waals surface area contributed by atoms with Gasteiger partial charge in [0, 0.05) is 6.54 Å². The number of amides is 2. The Morgan fingerprint density at radius 1 is 0.750 bits per heavy atom. The molecule has 0 aromatic heterocycles. The summed E-state index contributed by atoms with van der Waals surface area (Å²) in [6.07, 6.45) is 1.38. The Hall–Kier alpha value is -1.26. The Kier molecular flexibility index (Phi) is 5.07. The summed E-state index contributed by atoms with van der Waals surface area (Å²) in [4.78, 5) is 26.2. The number of fused-ring (bicyclic) bond motifs is 1. The Morgan fingerprint density at radius 3 is 1.75 bits per heavy atom. The number of hydrogen-bond acceptors (Lipinski definition) is 2. The van der Waals surface area contributed by atoms with Crippen LogP contribution in [0.5, 0.6) is 0 Å². The van der Waals surface area contributed by atoms with E-state index in [2.05, 4.69) is 0 Å². The molecule has 0 aliphatic carbocycles. The standard InChI is InChI=1S/C17H11Cl4NO2/c18-12-10-11(13(19)15(21)14(12)20)17(24)22(16(10)23)8-4-7-9-5-2-1-3-6-9/h1-3,5-6H,4,7-8H2. The highest BCUT2D eigenvalue weighted by Crippen LogP contribution is 2.44. The molecule has 0 N–H and O–H groups in total. The summed E-state index contributed by atoms with van der Waals surface area (Å²) in [6.45, 7) is 0.267. The van der Waals surface area contributed by atoms with Crippen LogP contribution >= 0.6 is 46.4 Å². The van der Waals surface area contributed by atoms with Gasteiger partial charge in [-0.25, -0.2) is 0 Å². The van der Waals surface area contributed by atoms with Crippen molar-refractivity contribution < 1.29 is 9.59 Å². The molecule has 0 saturated heterocycles. The minimum absolute atomic E-state index is 0.0191. The molecule has 2 aromatic carbocycles. The van der Waals surface area contributed by atoms with E-state index in [1.165, 1.54) is 0 Å². The van der Waals surface area contributed by atoms with Crippen LogP contribution < -0.4 is 0 Å². The zero-order chi connectivity index (χ0) is 17.4. The summed E-state index contributed by atoms with van der Waals surface area (Å²) >= 11 is 24.2. The minimum Gasteiger partial charge on any atom is -0.274 e. The Labute approximate surface area is 159 Å². The van der Waals surface area contributed by atoms with E-state index in [-0.39, 0.29) is 37.8 Å². The minimum atomic E-state index is -0.492. The first-order valence-electron chi connectivity index (χ1n) is 7.19. The van der Waals surface area contributed by atoms with Crippen molar-refractivity contribution in [1.29, 1.82) is 0 Å². The number of halogens is 4. The van der Waals surface area contributed by atoms with E-state index in [0.717, 1.165) is 16.9 Å². The van der Waals surface area contributed by atoms with Crippen molar-refractivity contribution in [2.75, 3.05) is 6.54 Å². The number of benzene rings is 2. The fourth-order valence-electron chi connectivity index (χ4n) is 2.68. The zero-order valence-corrected chi connectivity index (χ0v) is 15.3. The second-order valence-electron chi connectivity index (χ2n) is 5.36. The summed E-state index contributed by atoms with van der Waals surface area (Å²) in [6, 6.07) is 9.82. The molecule has 1 aliphatic heterocycles. The van der Waals surface area contributed by atoms with E-state index in [1.54, 1.807) is 0 Å². The zero-order valence-electron chi connectivity index (χ0n) is 12.3. The normalized spacial score (nSPS) is 13.6. The van der Waals surface area contributed by atoms with E-state index in [9.17, 15) is 9.59 Å². The van der Waals surface area contributed by atoms with Crippen LogP contribution in [0, 0.1) is 0 Å². The second kappa shape index (κ2) is 6.93. The van der Waals surface area contributed by atoms with E-state index >= 15 is 0 Å². The number of carbonyl (C=O) groups excluding carboxylic acids is 2. The van der Waals surface area contributed by atoms with Crippen LogP contribution in [0.2, 0.25) is 20.1 Å². The summed E-state index contributed by atoms with van der Waals surface area (Å²) in [7, 11) is 0. The van der Waals surface area contributed by atoms with Gasteiger partial charge in [-0.15, -0.1) is 0 Å². The molecule has 0 unspecified atom stereocenters. The van der Waals surface area contributed by atoms with E-state index in [4.69, 9.17) is 46.4 Å². The van der Waals surface area contributed by atoms with Gasteiger partial charge >= 0.3 is 0 Å². The van der Waals surface area contributed by atoms with Gasteiger partial charge in [0.25, 0.3) is 11.8 Å². The van der Waals surface area contributed by atoms with Crippen LogP contribution in [-0.4, -0.2) is 23.3 Å². The molecule has 2 aromatic rings. The van der Waals surface area contributed by atoms with Gasteiger partial charge in [0.15, 0.2) is 0 Å². The number of nitrogens with zero attached hydrogens (tertiary/aromatic N) is 1. The first-order chi connectivity index (χ1) is 11.4. The van der Waals surface area contributed by atoms with Crippen LogP contribution in [0.1, 0.15) is 32.7 Å². The molecule has 3 rings (SSSR count). The van der Waals surface area contributed by atoms with Crippen LogP contribution in [0.3, 0.4) is 0 Å². The largest absolute Gasteiger partial charge is 0.274 e. The molecule has 1 heterocycles. The molecule has 7 heteroatoms. The Balaban J connectivity index is 1.83. The van der Waals surface area contributed by atoms with Crippen LogP contribution in [-0.2, 0) is 6.42 Å². The van der Waals surface area contributed by atoms with Crippen molar-refractivity contribution in [3.05, 3.63) is 67.1 Å². The van der Waals surface area contributed by atoms with Crippen molar-refractivity contribution in [2.24, 2.45) is 0 Å². The molecule has 24 heavy (non-hydrogen) atoms. The lowest BCUT2D eigenvalue weighted by Crippen LogP contribution is -2.31. The van der Waals surface area contributed by atoms with Crippen LogP contribution in [0.15, 0.2) is 30.3 Å². The highest BCUT2D eigenvalue weighted by molar-refractivity contribution is 6.55. The lowest BCUT2D eigenvalue weighted by molar-refractivity contribution is 0.0653. The number of aryl methyl sites for hydroxylation is 1. The third kappa shape index (κ3) is 2.91. The van der Waals surface area contributed by atoms with Crippen molar-refractivity contribution in [3.8, 4) is 0 Å². The lowest BCUT2D eigenvalue weighted by atomic mass is 10.1. The predicted molar refractivity (Wildman–Crippen MR) is 96.6 cm³/mol. The van der Waals surface area contributed by atoms with Gasteiger partial charge in [-0.1, -0.05) is 76.7 Å². The average molecular weight is 403 g/mol. The van der Waals surface area contributed by atoms with Crippen molar-refractivity contribution in [3.63, 3.8) is 0 Å². The molecule has 0 bridgehead atoms. The molecule has 0 radical (unpaired) electrons. The molecular formula is C17H11Cl4NO2. The van der Waals surface area contributed by atoms with Crippen molar-refractivity contribution in [2.45, 2.75) is 12.8 Å². The second-order valence-corrected chi connectivity index (χ2v) is 6.87. The van der Waals surface area contributed by atoms with Gasteiger partial charge in [-0.3, -0.25) is 14.5 Å². The van der Waals surface area contributed by atoms with E-state index in [0.29, 0.717) is 6.42 Å². The predicted octanol–water partition coefficient (Wildman–Crippen LogP) is 5.53. The topological polar surface area (TPSA) is 37.4 Å². The molecule has 0 saturated carbocycles. The monoisotopic (exact) mass is 401 g/mol. The molecule has 1 aliphatic rings. The maximum atomic E-state index is 12.5. The average Bonchev–Trinajstić information content (AvgIpc) is 2.83. The van der Waals surface area contributed by atoms with Crippen molar-refractivity contribution in [1.82, 2.24) is 4.90 Å². The molecule has 3 nitrogen and oxygen atoms in total. The molecule has 124 valence electrons. The fourth-order valence-corrected chi connectivity index (χ4v) is 3.70. The highest BCUT2D eigenvalue weighted by atomic mass is 35.5. The third-order valence-corrected chi connectivity index (χ3v) is 5.68. The van der Waals surface area contributed by atoms with Crippen LogP contribution in [0.4, 0.5) is 0 Å². The Morgan fingerprint density at radius 2 is 1.25 bits per heavy atom. The quantitative estimate of drug-likeness (QED) is 0.383. The molecule has 0 spiro atoms. The van der Waals surface area contributed by atoms with Gasteiger partial charge in [-0.2, -0.15) is 0 Å². The first kappa shape index (κ1) is 17.6. The van der Waals surface area contributed by atoms with Gasteiger partial charge in [0.2, 0.25) is 0 Å². The number of imide groups is 1. The molecular weight excluding hydrogens is 392 g/mol. The van der Waals surface area contributed by atoms with Gasteiger partial charge < -0.3 is 0 Å². The summed E-state index contributed by atoms with van der Waals surface area (Å²) in [5.41, 5.74) is 1.19. The first-order valence-corrected chi connectivity index (χ1v) is 8.70. The van der Waals surface area contributed by atoms with E-state index in [1.807, 2.05) is 30.3 Å². The fraction of sp³-hybridized carbons (Fsp3) is 0.176. The molecule has 0 fully saturated rings. The SMILES string of the molecule is O=C1c2c(Cl)c(Cl)c(Cl)c(Cl)c2C(=O)N1CCCc1ccccc1. The van der Waals surface area contributed by atoms with Crippen LogP contribution in [0.25, 0.3) is 0 Å². The van der Waals surface area contributed by atoms with Gasteiger partial charge in [0.05, 0.1) is 31.2 Å². The summed E-state index contributed by atoms with van der Waals surface area (Å²) in [5, 5.41) is -0.112. The Bertz CT molecular complexity index is 789. The number of hydrogen-bond donors (Lipinski definition) is 0. The van der Waals surface area contributed by atoms with Gasteiger partial charge in [-0.05, 0) is 18.4 Å². The summed E-state index contributed by atoms with van der Waals surface area (Å²) < 4.78 is 0. The molecule has 0 atom stereocenters. The molecule has 2 amide bonds. The number of carbonyl (C=O) groups is 2. The van der Waals surface area contributed by atoms with E-state index < -0.39 is 11.8 Å². The highest BCUT2D eigenvalue weighted by Gasteiger charge is 2.41. The van der Waals surface area contributed by atoms with Crippen molar-refractivity contribution >= 4 is 58.2 Å². The lowest BCUT2D eigenvalue weighted by Gasteiger charge is -2.13. The maximum Gasteiger partial charge on any atom is 0.263 e.